The fraction of sp³-hybridized carbons (Fsp3) is 0.667. The molecule has 1 unspecified atom stereocenters. The monoisotopic (exact) mass is 178 g/mol. The van der Waals surface area contributed by atoms with Gasteiger partial charge in [-0.1, -0.05) is 0 Å². The minimum atomic E-state index is -2.83. The van der Waals surface area contributed by atoms with Crippen LogP contribution >= 0.6 is 0 Å². The van der Waals surface area contributed by atoms with Gasteiger partial charge in [0.25, 0.3) is 0 Å². The Balaban J connectivity index is 4.86. The molecule has 70 valence electrons. The van der Waals surface area contributed by atoms with Crippen molar-refractivity contribution in [3.8, 4) is 0 Å². The first-order chi connectivity index (χ1) is 5.37. The van der Waals surface area contributed by atoms with Crippen LogP contribution in [-0.4, -0.2) is 50.5 Å². The number of aliphatic hydroxyl groups excluding tert-OH is 2. The van der Waals surface area contributed by atoms with Gasteiger partial charge in [0.05, 0.1) is 6.10 Å². The van der Waals surface area contributed by atoms with E-state index in [1.54, 1.807) is 0 Å². The summed E-state index contributed by atoms with van der Waals surface area (Å²) in [6.07, 6.45) is -4.04. The Hall–Kier alpha value is -0.980. The Bertz CT molecular complexity index is 188. The molecule has 3 atom stereocenters. The molecule has 0 fully saturated rings. The van der Waals surface area contributed by atoms with Crippen molar-refractivity contribution in [2.24, 2.45) is 0 Å². The van der Waals surface area contributed by atoms with E-state index in [2.05, 4.69) is 0 Å². The third-order valence-corrected chi connectivity index (χ3v) is 1.56. The van der Waals surface area contributed by atoms with Crippen molar-refractivity contribution < 1.29 is 30.0 Å². The van der Waals surface area contributed by atoms with Crippen LogP contribution in [0.1, 0.15) is 6.92 Å². The maximum Gasteiger partial charge on any atom is 0.341 e. The highest BCUT2D eigenvalue weighted by Gasteiger charge is 2.48. The van der Waals surface area contributed by atoms with Gasteiger partial charge in [0.1, 0.15) is 0 Å². The highest BCUT2D eigenvalue weighted by atomic mass is 16.4. The van der Waals surface area contributed by atoms with Gasteiger partial charge in [0, 0.05) is 0 Å². The topological polar surface area (TPSA) is 115 Å². The van der Waals surface area contributed by atoms with Crippen LogP contribution in [0.3, 0.4) is 0 Å². The second-order valence-electron chi connectivity index (χ2n) is 2.39. The highest BCUT2D eigenvalue weighted by molar-refractivity contribution is 5.83. The van der Waals surface area contributed by atoms with Crippen molar-refractivity contribution in [3.05, 3.63) is 0 Å². The van der Waals surface area contributed by atoms with Crippen LogP contribution in [-0.2, 0) is 9.59 Å². The van der Waals surface area contributed by atoms with Crippen LogP contribution in [0.2, 0.25) is 0 Å². The van der Waals surface area contributed by atoms with E-state index in [0.29, 0.717) is 0 Å². The molecule has 0 amide bonds. The van der Waals surface area contributed by atoms with Gasteiger partial charge in [-0.3, -0.25) is 0 Å². The van der Waals surface area contributed by atoms with E-state index < -0.39 is 23.8 Å². The predicted octanol–water partition coefficient (Wildman–Crippen LogP) is -2.26. The first-order valence-electron chi connectivity index (χ1n) is 3.14. The van der Waals surface area contributed by atoms with E-state index in [1.807, 2.05) is 0 Å². The lowest BCUT2D eigenvalue weighted by molar-refractivity contribution is -0.188. The Morgan fingerprint density at radius 3 is 2.00 bits per heavy atom. The van der Waals surface area contributed by atoms with Crippen molar-refractivity contribution in [1.82, 2.24) is 0 Å². The molecule has 0 aromatic rings. The fourth-order valence-electron chi connectivity index (χ4n) is 0.656. The molecule has 0 saturated carbocycles. The van der Waals surface area contributed by atoms with Crippen LogP contribution in [0.15, 0.2) is 0 Å². The van der Waals surface area contributed by atoms with E-state index in [9.17, 15) is 9.59 Å². The van der Waals surface area contributed by atoms with Crippen molar-refractivity contribution in [3.63, 3.8) is 0 Å². The van der Waals surface area contributed by atoms with Crippen molar-refractivity contribution in [2.75, 3.05) is 0 Å². The molecular formula is C6H10O6. The number of carbonyl (C=O) groups is 2. The first-order valence-corrected chi connectivity index (χ1v) is 3.14. The Kier molecular flexibility index (Phi) is 3.32. The summed E-state index contributed by atoms with van der Waals surface area (Å²) in [6, 6.07) is 0. The number of rotatable bonds is 4. The summed E-state index contributed by atoms with van der Waals surface area (Å²) in [6.45, 7) is 0.959. The largest absolute Gasteiger partial charge is 0.479 e. The van der Waals surface area contributed by atoms with Gasteiger partial charge in [0.2, 0.25) is 5.60 Å². The molecule has 0 aliphatic heterocycles. The number of aliphatic hydroxyl groups is 3. The number of carboxylic acid groups (broad SMARTS) is 1. The molecule has 0 aromatic carbocycles. The summed E-state index contributed by atoms with van der Waals surface area (Å²) in [5, 5.41) is 35.0. The summed E-state index contributed by atoms with van der Waals surface area (Å²) >= 11 is 0. The van der Waals surface area contributed by atoms with Crippen molar-refractivity contribution >= 4 is 12.3 Å². The maximum atomic E-state index is 10.3. The van der Waals surface area contributed by atoms with Crippen LogP contribution in [0.4, 0.5) is 0 Å². The molecule has 12 heavy (non-hydrogen) atoms. The lowest BCUT2D eigenvalue weighted by Gasteiger charge is -2.27. The third kappa shape index (κ3) is 1.60. The average Bonchev–Trinajstić information content (AvgIpc) is 2.00. The molecule has 4 N–H and O–H groups in total. The highest BCUT2D eigenvalue weighted by Crippen LogP contribution is 2.15. The van der Waals surface area contributed by atoms with Crippen LogP contribution in [0.25, 0.3) is 0 Å². The predicted molar refractivity (Wildman–Crippen MR) is 36.3 cm³/mol. The summed E-state index contributed by atoms with van der Waals surface area (Å²) in [4.78, 5) is 20.3. The van der Waals surface area contributed by atoms with E-state index >= 15 is 0 Å². The smallest absolute Gasteiger partial charge is 0.341 e. The molecule has 6 nitrogen and oxygen atoms in total. The van der Waals surface area contributed by atoms with E-state index in [0.717, 1.165) is 6.92 Å². The lowest BCUT2D eigenvalue weighted by atomic mass is 9.92. The third-order valence-electron chi connectivity index (χ3n) is 1.56. The number of aliphatic carboxylic acids is 1. The second kappa shape index (κ2) is 3.61. The minimum Gasteiger partial charge on any atom is -0.479 e. The molecule has 0 aliphatic carbocycles. The number of hydrogen-bond acceptors (Lipinski definition) is 5. The zero-order chi connectivity index (χ0) is 9.94. The standard InChI is InChI=1S/C6H10O6/c1-3(8)6(12,5(10)11)4(9)2-7/h2-4,8-9,12H,1H3,(H,10,11)/t3-,4+,6?/m0/s1. The number of aldehydes is 1. The molecule has 0 bridgehead atoms. The number of hydrogen-bond donors (Lipinski definition) is 4. The molecule has 0 radical (unpaired) electrons. The molecule has 0 spiro atoms. The maximum absolute atomic E-state index is 10.3. The van der Waals surface area contributed by atoms with E-state index in [1.165, 1.54) is 0 Å². The normalized spacial score (nSPS) is 20.7. The van der Waals surface area contributed by atoms with Crippen molar-refractivity contribution in [1.29, 1.82) is 0 Å². The van der Waals surface area contributed by atoms with Gasteiger partial charge < -0.3 is 25.2 Å². The molecule has 0 heterocycles. The summed E-state index contributed by atoms with van der Waals surface area (Å²) < 4.78 is 0. The fourth-order valence-corrected chi connectivity index (χ4v) is 0.656. The van der Waals surface area contributed by atoms with E-state index in [-0.39, 0.29) is 6.29 Å². The van der Waals surface area contributed by atoms with Crippen LogP contribution < -0.4 is 0 Å². The van der Waals surface area contributed by atoms with Crippen LogP contribution in [0, 0.1) is 0 Å². The number of carbonyl (C=O) groups excluding carboxylic acids is 1. The van der Waals surface area contributed by atoms with Crippen LogP contribution in [0.5, 0.6) is 0 Å². The van der Waals surface area contributed by atoms with Gasteiger partial charge in [-0.2, -0.15) is 0 Å². The molecule has 0 saturated heterocycles. The Morgan fingerprint density at radius 2 is 1.92 bits per heavy atom. The summed E-state index contributed by atoms with van der Waals surface area (Å²) in [5.41, 5.74) is -2.83. The summed E-state index contributed by atoms with van der Waals surface area (Å²) in [5.74, 6) is -1.85. The van der Waals surface area contributed by atoms with Gasteiger partial charge in [-0.05, 0) is 6.92 Å². The molecule has 0 aromatic heterocycles. The second-order valence-corrected chi connectivity index (χ2v) is 2.39. The zero-order valence-corrected chi connectivity index (χ0v) is 6.34. The van der Waals surface area contributed by atoms with Crippen molar-refractivity contribution in [2.45, 2.75) is 24.7 Å². The van der Waals surface area contributed by atoms with Gasteiger partial charge in [0.15, 0.2) is 12.4 Å². The molecular weight excluding hydrogens is 168 g/mol. The molecule has 0 rings (SSSR count). The first kappa shape index (κ1) is 11.0. The SMILES string of the molecule is C[C@H](O)C(O)(C(=O)O)[C@H](O)C=O. The average molecular weight is 178 g/mol. The molecule has 0 aliphatic rings. The Morgan fingerprint density at radius 1 is 1.50 bits per heavy atom. The minimum absolute atomic E-state index is 0.152. The van der Waals surface area contributed by atoms with Gasteiger partial charge >= 0.3 is 5.97 Å². The zero-order valence-electron chi connectivity index (χ0n) is 6.34. The van der Waals surface area contributed by atoms with E-state index in [4.69, 9.17) is 20.4 Å². The quantitative estimate of drug-likeness (QED) is 0.361. The molecule has 6 heteroatoms. The number of carboxylic acids is 1. The van der Waals surface area contributed by atoms with Gasteiger partial charge in [-0.25, -0.2) is 4.79 Å². The summed E-state index contributed by atoms with van der Waals surface area (Å²) in [7, 11) is 0. The Labute approximate surface area is 68.1 Å². The van der Waals surface area contributed by atoms with Gasteiger partial charge in [-0.15, -0.1) is 0 Å². The lowest BCUT2D eigenvalue weighted by Crippen LogP contribution is -2.57.